The average molecular weight is 176 g/mol. The summed E-state index contributed by atoms with van der Waals surface area (Å²) in [4.78, 5) is 4.35. The molecule has 0 saturated carbocycles. The topological polar surface area (TPSA) is 15.8 Å². The molecule has 2 aromatic heterocycles. The Morgan fingerprint density at radius 3 is 2.75 bits per heavy atom. The van der Waals surface area contributed by atoms with Gasteiger partial charge in [0.1, 0.15) is 0 Å². The van der Waals surface area contributed by atoms with Gasteiger partial charge in [-0.15, -0.1) is 11.3 Å². The number of aromatic amines is 1. The number of aryl methyl sites for hydroxylation is 2. The molecule has 0 aliphatic rings. The second kappa shape index (κ2) is 2.79. The molecule has 0 spiro atoms. The minimum absolute atomic E-state index is 1.19. The summed E-state index contributed by atoms with van der Waals surface area (Å²) in [5.41, 5.74) is 3.82. The lowest BCUT2D eigenvalue weighted by Gasteiger charge is -1.96. The zero-order chi connectivity index (χ0) is 8.55. The number of rotatable bonds is 1. The SMILES string of the molecule is Cc1[c][nH]cc1-c1sccc1C. The molecule has 1 nitrogen and oxygen atoms in total. The first-order valence-corrected chi connectivity index (χ1v) is 4.77. The Balaban J connectivity index is 2.57. The maximum Gasteiger partial charge on any atom is 0.0658 e. The molecule has 0 saturated heterocycles. The Labute approximate surface area is 76.1 Å². The van der Waals surface area contributed by atoms with E-state index in [9.17, 15) is 0 Å². The van der Waals surface area contributed by atoms with Crippen LogP contribution < -0.4 is 0 Å². The van der Waals surface area contributed by atoms with Gasteiger partial charge in [0.2, 0.25) is 0 Å². The molecule has 1 N–H and O–H groups in total. The fourth-order valence-corrected chi connectivity index (χ4v) is 2.28. The highest BCUT2D eigenvalue weighted by molar-refractivity contribution is 7.13. The summed E-state index contributed by atoms with van der Waals surface area (Å²) in [6.07, 6.45) is 5.07. The summed E-state index contributed by atoms with van der Waals surface area (Å²) < 4.78 is 0. The predicted molar refractivity (Wildman–Crippen MR) is 52.4 cm³/mol. The van der Waals surface area contributed by atoms with Gasteiger partial charge in [0, 0.05) is 16.6 Å². The van der Waals surface area contributed by atoms with Gasteiger partial charge in [0.25, 0.3) is 0 Å². The van der Waals surface area contributed by atoms with Crippen LogP contribution in [-0.2, 0) is 0 Å². The second-order valence-electron chi connectivity index (χ2n) is 2.89. The van der Waals surface area contributed by atoms with Crippen molar-refractivity contribution in [1.82, 2.24) is 4.98 Å². The fourth-order valence-electron chi connectivity index (χ4n) is 1.28. The highest BCUT2D eigenvalue weighted by Gasteiger charge is 2.06. The van der Waals surface area contributed by atoms with Gasteiger partial charge in [0.05, 0.1) is 6.20 Å². The Hall–Kier alpha value is -1.02. The number of thiophene rings is 1. The molecule has 0 aliphatic heterocycles. The van der Waals surface area contributed by atoms with Crippen LogP contribution in [0.15, 0.2) is 17.6 Å². The molecule has 12 heavy (non-hydrogen) atoms. The van der Waals surface area contributed by atoms with E-state index in [0.717, 1.165) is 0 Å². The van der Waals surface area contributed by atoms with Crippen molar-refractivity contribution < 1.29 is 0 Å². The van der Waals surface area contributed by atoms with Crippen LogP contribution in [-0.4, -0.2) is 4.98 Å². The molecular weight excluding hydrogens is 166 g/mol. The molecule has 0 unspecified atom stereocenters. The van der Waals surface area contributed by atoms with Gasteiger partial charge >= 0.3 is 0 Å². The first-order chi connectivity index (χ1) is 5.79. The minimum Gasteiger partial charge on any atom is -0.359 e. The lowest BCUT2D eigenvalue weighted by Crippen LogP contribution is -1.74. The van der Waals surface area contributed by atoms with Crippen LogP contribution >= 0.6 is 11.3 Å². The Bertz CT molecular complexity index is 346. The van der Waals surface area contributed by atoms with E-state index in [1.807, 2.05) is 6.20 Å². The van der Waals surface area contributed by atoms with Crippen LogP contribution in [0.2, 0.25) is 0 Å². The molecule has 0 aliphatic carbocycles. The van der Waals surface area contributed by atoms with E-state index in [0.29, 0.717) is 0 Å². The quantitative estimate of drug-likeness (QED) is 0.687. The minimum atomic E-state index is 1.19. The summed E-state index contributed by atoms with van der Waals surface area (Å²) in [5.74, 6) is 0. The summed E-state index contributed by atoms with van der Waals surface area (Å²) in [5, 5.41) is 2.12. The van der Waals surface area contributed by atoms with E-state index < -0.39 is 0 Å². The molecule has 0 aromatic carbocycles. The number of hydrogen-bond acceptors (Lipinski definition) is 1. The van der Waals surface area contributed by atoms with Crippen LogP contribution in [0.4, 0.5) is 0 Å². The third-order valence-corrected chi connectivity index (χ3v) is 3.04. The van der Waals surface area contributed by atoms with Crippen molar-refractivity contribution in [3.8, 4) is 10.4 Å². The third-order valence-electron chi connectivity index (χ3n) is 1.99. The normalized spacial score (nSPS) is 10.5. The highest BCUT2D eigenvalue weighted by atomic mass is 32.1. The second-order valence-corrected chi connectivity index (χ2v) is 3.80. The van der Waals surface area contributed by atoms with Crippen molar-refractivity contribution in [2.24, 2.45) is 0 Å². The molecule has 2 aromatic rings. The van der Waals surface area contributed by atoms with Crippen molar-refractivity contribution >= 4 is 11.3 Å². The van der Waals surface area contributed by atoms with E-state index in [1.54, 1.807) is 11.3 Å². The van der Waals surface area contributed by atoms with Crippen LogP contribution in [0, 0.1) is 20.0 Å². The fraction of sp³-hybridized carbons (Fsp3) is 0.200. The largest absolute Gasteiger partial charge is 0.359 e. The first-order valence-electron chi connectivity index (χ1n) is 3.89. The van der Waals surface area contributed by atoms with Crippen LogP contribution in [0.25, 0.3) is 10.4 Å². The third kappa shape index (κ3) is 1.08. The number of hydrogen-bond donors (Lipinski definition) is 1. The summed E-state index contributed by atoms with van der Waals surface area (Å²) in [6, 6.07) is 2.15. The van der Waals surface area contributed by atoms with Gasteiger partial charge < -0.3 is 4.98 Å². The monoisotopic (exact) mass is 176 g/mol. The molecule has 0 amide bonds. The number of H-pyrrole nitrogens is 1. The van der Waals surface area contributed by atoms with Gasteiger partial charge in [-0.25, -0.2) is 0 Å². The van der Waals surface area contributed by atoms with E-state index in [2.05, 4.69) is 36.5 Å². The Morgan fingerprint density at radius 2 is 2.25 bits per heavy atom. The van der Waals surface area contributed by atoms with E-state index >= 15 is 0 Å². The molecular formula is C10H10NS. The summed E-state index contributed by atoms with van der Waals surface area (Å²) in [7, 11) is 0. The van der Waals surface area contributed by atoms with Crippen LogP contribution in [0.5, 0.6) is 0 Å². The Kier molecular flexibility index (Phi) is 1.77. The van der Waals surface area contributed by atoms with Crippen LogP contribution in [0.3, 0.4) is 0 Å². The number of aromatic nitrogens is 1. The maximum atomic E-state index is 3.07. The van der Waals surface area contributed by atoms with Gasteiger partial charge in [-0.3, -0.25) is 0 Å². The van der Waals surface area contributed by atoms with Crippen molar-refractivity contribution in [3.05, 3.63) is 35.0 Å². The van der Waals surface area contributed by atoms with Crippen molar-refractivity contribution in [3.63, 3.8) is 0 Å². The van der Waals surface area contributed by atoms with Gasteiger partial charge in [-0.1, -0.05) is 0 Å². The highest BCUT2D eigenvalue weighted by Crippen LogP contribution is 2.30. The van der Waals surface area contributed by atoms with Gasteiger partial charge in [-0.2, -0.15) is 0 Å². The Morgan fingerprint density at radius 1 is 1.42 bits per heavy atom. The van der Waals surface area contributed by atoms with E-state index in [-0.39, 0.29) is 0 Å². The van der Waals surface area contributed by atoms with Gasteiger partial charge in [0.15, 0.2) is 0 Å². The standard InChI is InChI=1S/C10H10NS/c1-7-3-4-12-10(7)9-6-11-5-8(9)2/h3-4,6,11H,1-2H3. The molecule has 0 atom stereocenters. The molecule has 2 rings (SSSR count). The van der Waals surface area contributed by atoms with Crippen molar-refractivity contribution in [1.29, 1.82) is 0 Å². The zero-order valence-corrected chi connectivity index (χ0v) is 7.96. The van der Waals surface area contributed by atoms with E-state index in [1.165, 1.54) is 21.6 Å². The molecule has 1 radical (unpaired) electrons. The predicted octanol–water partition coefficient (Wildman–Crippen LogP) is 3.16. The van der Waals surface area contributed by atoms with Crippen molar-refractivity contribution in [2.45, 2.75) is 13.8 Å². The lowest BCUT2D eigenvalue weighted by molar-refractivity contribution is 1.37. The van der Waals surface area contributed by atoms with Crippen LogP contribution in [0.1, 0.15) is 11.1 Å². The summed E-state index contributed by atoms with van der Waals surface area (Å²) >= 11 is 1.78. The van der Waals surface area contributed by atoms with E-state index in [4.69, 9.17) is 0 Å². The average Bonchev–Trinajstić information content (AvgIpc) is 2.59. The molecule has 61 valence electrons. The molecule has 0 fully saturated rings. The van der Waals surface area contributed by atoms with Crippen molar-refractivity contribution in [2.75, 3.05) is 0 Å². The smallest absolute Gasteiger partial charge is 0.0658 e. The zero-order valence-electron chi connectivity index (χ0n) is 7.14. The molecule has 2 heterocycles. The van der Waals surface area contributed by atoms with Gasteiger partial charge in [-0.05, 0) is 36.4 Å². The molecule has 0 bridgehead atoms. The first kappa shape index (κ1) is 7.62. The molecule has 2 heteroatoms. The number of nitrogens with one attached hydrogen (secondary N) is 1. The summed E-state index contributed by atoms with van der Waals surface area (Å²) in [6.45, 7) is 4.21. The lowest BCUT2D eigenvalue weighted by atomic mass is 10.1. The maximum absolute atomic E-state index is 3.07.